The summed E-state index contributed by atoms with van der Waals surface area (Å²) in [5.74, 6) is -0.873. The smallest absolute Gasteiger partial charge is 0.417 e. The number of likely N-dealkylation sites (tertiary alicyclic amines) is 1. The van der Waals surface area contributed by atoms with E-state index in [2.05, 4.69) is 10.1 Å². The molecule has 0 radical (unpaired) electrons. The van der Waals surface area contributed by atoms with Gasteiger partial charge in [0.05, 0.1) is 23.8 Å². The first kappa shape index (κ1) is 19.7. The molecule has 0 N–H and O–H groups in total. The van der Waals surface area contributed by atoms with Crippen LogP contribution in [0.1, 0.15) is 48.6 Å². The van der Waals surface area contributed by atoms with Crippen molar-refractivity contribution in [3.8, 4) is 0 Å². The van der Waals surface area contributed by atoms with Crippen LogP contribution in [-0.2, 0) is 27.0 Å². The third-order valence-corrected chi connectivity index (χ3v) is 5.53. The number of halogens is 3. The van der Waals surface area contributed by atoms with Gasteiger partial charge in [0, 0.05) is 18.2 Å². The van der Waals surface area contributed by atoms with Crippen LogP contribution in [-0.4, -0.2) is 51.2 Å². The summed E-state index contributed by atoms with van der Waals surface area (Å²) in [5.41, 5.74) is -0.163. The predicted octanol–water partition coefficient (Wildman–Crippen LogP) is 2.80. The molecule has 156 valence electrons. The highest BCUT2D eigenvalue weighted by atomic mass is 19.4. The summed E-state index contributed by atoms with van der Waals surface area (Å²) in [7, 11) is 1.26. The summed E-state index contributed by atoms with van der Waals surface area (Å²) in [6.45, 7) is 1.59. The number of amides is 1. The molecular formula is C19H21F3N4O3. The quantitative estimate of drug-likeness (QED) is 0.725. The second kappa shape index (κ2) is 7.00. The van der Waals surface area contributed by atoms with Crippen molar-refractivity contribution >= 4 is 22.9 Å². The Morgan fingerprint density at radius 1 is 1.28 bits per heavy atom. The van der Waals surface area contributed by atoms with Crippen LogP contribution in [0.25, 0.3) is 11.0 Å². The lowest BCUT2D eigenvalue weighted by molar-refractivity contribution is -0.151. The summed E-state index contributed by atoms with van der Waals surface area (Å²) >= 11 is 0. The van der Waals surface area contributed by atoms with Gasteiger partial charge in [0.2, 0.25) is 5.91 Å². The van der Waals surface area contributed by atoms with Gasteiger partial charge in [-0.2, -0.15) is 18.3 Å². The van der Waals surface area contributed by atoms with Crippen molar-refractivity contribution in [2.24, 2.45) is 0 Å². The van der Waals surface area contributed by atoms with Gasteiger partial charge in [0.25, 0.3) is 0 Å². The van der Waals surface area contributed by atoms with Gasteiger partial charge in [-0.1, -0.05) is 0 Å². The molecular weight excluding hydrogens is 389 g/mol. The maximum atomic E-state index is 13.7. The van der Waals surface area contributed by atoms with Crippen LogP contribution in [0.5, 0.6) is 0 Å². The van der Waals surface area contributed by atoms with E-state index in [1.165, 1.54) is 23.6 Å². The largest absolute Gasteiger partial charge is 0.467 e. The molecule has 4 rings (SSSR count). The number of aryl methyl sites for hydroxylation is 1. The lowest BCUT2D eigenvalue weighted by Crippen LogP contribution is -2.42. The number of hydrogen-bond donors (Lipinski definition) is 0. The highest BCUT2D eigenvalue weighted by Crippen LogP contribution is 2.43. The van der Waals surface area contributed by atoms with Crippen molar-refractivity contribution in [2.45, 2.75) is 57.3 Å². The molecule has 1 saturated heterocycles. The van der Waals surface area contributed by atoms with E-state index in [-0.39, 0.29) is 29.2 Å². The molecule has 1 unspecified atom stereocenters. The number of carbonyl (C=O) groups excluding carboxylic acids is 2. The van der Waals surface area contributed by atoms with Gasteiger partial charge < -0.3 is 9.64 Å². The number of hydrogen-bond acceptors (Lipinski definition) is 5. The highest BCUT2D eigenvalue weighted by molar-refractivity contribution is 5.87. The third-order valence-electron chi connectivity index (χ3n) is 5.53. The summed E-state index contributed by atoms with van der Waals surface area (Å²) in [4.78, 5) is 30.5. The van der Waals surface area contributed by atoms with Crippen molar-refractivity contribution in [1.82, 2.24) is 19.7 Å². The van der Waals surface area contributed by atoms with Crippen molar-refractivity contribution in [2.75, 3.05) is 13.7 Å². The monoisotopic (exact) mass is 410 g/mol. The van der Waals surface area contributed by atoms with Crippen molar-refractivity contribution in [1.29, 1.82) is 0 Å². The zero-order valence-corrected chi connectivity index (χ0v) is 16.1. The lowest BCUT2D eigenvalue weighted by Gasteiger charge is -2.22. The molecule has 1 aliphatic heterocycles. The maximum Gasteiger partial charge on any atom is 0.417 e. The summed E-state index contributed by atoms with van der Waals surface area (Å²) < 4.78 is 47.0. The van der Waals surface area contributed by atoms with E-state index in [1.54, 1.807) is 0 Å². The number of methoxy groups -OCH3 is 1. The molecule has 0 aromatic carbocycles. The molecule has 1 aliphatic carbocycles. The molecule has 2 aromatic rings. The summed E-state index contributed by atoms with van der Waals surface area (Å²) in [5, 5.41) is 4.09. The summed E-state index contributed by atoms with van der Waals surface area (Å²) in [6, 6.07) is 0.436. The van der Waals surface area contributed by atoms with Crippen LogP contribution in [0.4, 0.5) is 13.2 Å². The first-order valence-electron chi connectivity index (χ1n) is 9.53. The number of esters is 1. The van der Waals surface area contributed by atoms with Crippen LogP contribution in [0.2, 0.25) is 0 Å². The van der Waals surface area contributed by atoms with Crippen LogP contribution < -0.4 is 0 Å². The number of fused-ring (bicyclic) bond motifs is 1. The van der Waals surface area contributed by atoms with Crippen LogP contribution in [0.3, 0.4) is 0 Å². The first-order chi connectivity index (χ1) is 13.7. The van der Waals surface area contributed by atoms with Crippen LogP contribution in [0.15, 0.2) is 6.07 Å². The first-order valence-corrected chi connectivity index (χ1v) is 9.53. The van der Waals surface area contributed by atoms with E-state index in [0.717, 1.165) is 18.9 Å². The molecule has 29 heavy (non-hydrogen) atoms. The van der Waals surface area contributed by atoms with E-state index < -0.39 is 29.7 Å². The number of rotatable bonds is 4. The van der Waals surface area contributed by atoms with Gasteiger partial charge in [0.15, 0.2) is 5.65 Å². The van der Waals surface area contributed by atoms with Crippen LogP contribution in [0, 0.1) is 6.92 Å². The molecule has 0 spiro atoms. The number of pyridine rings is 1. The van der Waals surface area contributed by atoms with E-state index in [4.69, 9.17) is 4.74 Å². The fourth-order valence-corrected chi connectivity index (χ4v) is 3.96. The van der Waals surface area contributed by atoms with Gasteiger partial charge >= 0.3 is 12.1 Å². The molecule has 2 aromatic heterocycles. The average Bonchev–Trinajstić information content (AvgIpc) is 3.32. The molecule has 1 amide bonds. The fourth-order valence-electron chi connectivity index (χ4n) is 3.96. The van der Waals surface area contributed by atoms with E-state index >= 15 is 0 Å². The number of alkyl halides is 3. The number of nitrogens with zero attached hydrogens (tertiary/aromatic N) is 4. The van der Waals surface area contributed by atoms with Gasteiger partial charge in [-0.15, -0.1) is 0 Å². The van der Waals surface area contributed by atoms with E-state index in [0.29, 0.717) is 25.1 Å². The molecule has 2 aliphatic rings. The molecule has 1 atom stereocenters. The minimum absolute atomic E-state index is 0.0159. The average molecular weight is 410 g/mol. The Morgan fingerprint density at radius 2 is 2.00 bits per heavy atom. The van der Waals surface area contributed by atoms with Crippen molar-refractivity contribution < 1.29 is 27.5 Å². The normalized spacial score (nSPS) is 19.8. The SMILES string of the molecule is COC(=O)C1CCCN1C(=O)Cn1nc(C)c2c(C(F)(F)F)cc(C3CC3)nc21. The lowest BCUT2D eigenvalue weighted by atomic mass is 10.1. The second-order valence-corrected chi connectivity index (χ2v) is 7.58. The Bertz CT molecular complexity index is 981. The second-order valence-electron chi connectivity index (χ2n) is 7.58. The minimum atomic E-state index is -4.54. The summed E-state index contributed by atoms with van der Waals surface area (Å²) in [6.07, 6.45) is -1.78. The van der Waals surface area contributed by atoms with E-state index in [9.17, 15) is 22.8 Å². The molecule has 3 heterocycles. The molecule has 10 heteroatoms. The Balaban J connectivity index is 1.72. The van der Waals surface area contributed by atoms with Crippen molar-refractivity contribution in [3.63, 3.8) is 0 Å². The highest BCUT2D eigenvalue weighted by Gasteiger charge is 2.39. The Kier molecular flexibility index (Phi) is 4.74. The molecule has 7 nitrogen and oxygen atoms in total. The van der Waals surface area contributed by atoms with Gasteiger partial charge in [-0.05, 0) is 38.7 Å². The zero-order chi connectivity index (χ0) is 20.9. The maximum absolute atomic E-state index is 13.7. The topological polar surface area (TPSA) is 77.3 Å². The fraction of sp³-hybridized carbons (Fsp3) is 0.579. The van der Waals surface area contributed by atoms with Gasteiger partial charge in [-0.3, -0.25) is 4.79 Å². The standard InChI is InChI=1S/C19H21F3N4O3/c1-10-16-12(19(20,21)22)8-13(11-5-6-11)23-17(16)26(24-10)9-15(27)25-7-3-4-14(25)18(28)29-2/h8,11,14H,3-7,9H2,1-2H3. The zero-order valence-electron chi connectivity index (χ0n) is 16.1. The molecule has 2 fully saturated rings. The Labute approximate surface area is 164 Å². The minimum Gasteiger partial charge on any atom is -0.467 e. The van der Waals surface area contributed by atoms with E-state index in [1.807, 2.05) is 0 Å². The Morgan fingerprint density at radius 3 is 2.62 bits per heavy atom. The number of carbonyl (C=O) groups is 2. The number of ether oxygens (including phenoxy) is 1. The molecule has 0 bridgehead atoms. The van der Waals surface area contributed by atoms with Gasteiger partial charge in [0.1, 0.15) is 12.6 Å². The molecule has 1 saturated carbocycles. The number of aromatic nitrogens is 3. The predicted molar refractivity (Wildman–Crippen MR) is 96.0 cm³/mol. The van der Waals surface area contributed by atoms with Gasteiger partial charge in [-0.25, -0.2) is 14.5 Å². The third kappa shape index (κ3) is 3.56. The Hall–Kier alpha value is -2.65. The van der Waals surface area contributed by atoms with Crippen LogP contribution >= 0.6 is 0 Å². The van der Waals surface area contributed by atoms with Crippen molar-refractivity contribution in [3.05, 3.63) is 23.0 Å².